The normalized spacial score (nSPS) is 30.3. The molecule has 4 atom stereocenters. The fourth-order valence-corrected chi connectivity index (χ4v) is 4.45. The maximum atomic E-state index is 10.1. The highest BCUT2D eigenvalue weighted by Crippen LogP contribution is 2.26. The van der Waals surface area contributed by atoms with Gasteiger partial charge in [0.15, 0.2) is 0 Å². The predicted molar refractivity (Wildman–Crippen MR) is 98.7 cm³/mol. The minimum atomic E-state index is -0.115. The number of likely N-dealkylation sites (tertiary alicyclic amines) is 1. The van der Waals surface area contributed by atoms with Crippen molar-refractivity contribution < 1.29 is 5.11 Å². The first kappa shape index (κ1) is 19.2. The minimum absolute atomic E-state index is 0.115. The third kappa shape index (κ3) is 6.36. The van der Waals surface area contributed by atoms with Gasteiger partial charge in [0.25, 0.3) is 0 Å². The molecule has 3 heteroatoms. The van der Waals surface area contributed by atoms with Crippen LogP contribution in [-0.4, -0.2) is 47.8 Å². The smallest absolute Gasteiger partial charge is 0.0540 e. The molecule has 0 bridgehead atoms. The molecule has 2 fully saturated rings. The van der Waals surface area contributed by atoms with Crippen LogP contribution in [0.25, 0.3) is 0 Å². The summed E-state index contributed by atoms with van der Waals surface area (Å²) in [5, 5.41) is 14.0. The molecule has 1 aliphatic heterocycles. The summed E-state index contributed by atoms with van der Waals surface area (Å²) in [6.45, 7) is 10.3. The van der Waals surface area contributed by atoms with Crippen LogP contribution < -0.4 is 5.32 Å². The predicted octanol–water partition coefficient (Wildman–Crippen LogP) is 3.81. The molecule has 2 rings (SSSR count). The third-order valence-electron chi connectivity index (χ3n) is 6.28. The first-order chi connectivity index (χ1) is 11.1. The van der Waals surface area contributed by atoms with Crippen molar-refractivity contribution in [1.29, 1.82) is 0 Å². The monoisotopic (exact) mass is 324 g/mol. The van der Waals surface area contributed by atoms with Gasteiger partial charge in [-0.3, -0.25) is 4.90 Å². The summed E-state index contributed by atoms with van der Waals surface area (Å²) in [5.74, 6) is 1.55. The van der Waals surface area contributed by atoms with Crippen LogP contribution in [0.4, 0.5) is 0 Å². The average Bonchev–Trinajstić information content (AvgIpc) is 2.59. The van der Waals surface area contributed by atoms with Gasteiger partial charge < -0.3 is 10.4 Å². The van der Waals surface area contributed by atoms with Crippen molar-refractivity contribution in [1.82, 2.24) is 10.2 Å². The van der Waals surface area contributed by atoms with Crippen molar-refractivity contribution in [2.45, 2.75) is 96.7 Å². The zero-order chi connectivity index (χ0) is 16.7. The van der Waals surface area contributed by atoms with Crippen LogP contribution in [0.15, 0.2) is 0 Å². The van der Waals surface area contributed by atoms with E-state index < -0.39 is 0 Å². The molecule has 2 N–H and O–H groups in total. The first-order valence-electron chi connectivity index (χ1n) is 10.3. The summed E-state index contributed by atoms with van der Waals surface area (Å²) >= 11 is 0. The van der Waals surface area contributed by atoms with E-state index in [2.05, 4.69) is 31.0 Å². The summed E-state index contributed by atoms with van der Waals surface area (Å²) in [6.07, 6.45) is 11.4. The second-order valence-corrected chi connectivity index (χ2v) is 8.22. The number of hydrogen-bond donors (Lipinski definition) is 2. The Morgan fingerprint density at radius 1 is 1.04 bits per heavy atom. The van der Waals surface area contributed by atoms with E-state index in [9.17, 15) is 5.11 Å². The molecule has 1 heterocycles. The standard InChI is InChI=1S/C20H40N2O/c1-4-16(3)22-14-18(12-20(23)5-2)11-19(15-22)21-13-17-9-7-6-8-10-17/h16-21,23H,4-15H2,1-3H3. The van der Waals surface area contributed by atoms with E-state index in [0.717, 1.165) is 18.8 Å². The summed E-state index contributed by atoms with van der Waals surface area (Å²) in [6, 6.07) is 1.28. The summed E-state index contributed by atoms with van der Waals surface area (Å²) < 4.78 is 0. The van der Waals surface area contributed by atoms with Crippen LogP contribution in [-0.2, 0) is 0 Å². The summed E-state index contributed by atoms with van der Waals surface area (Å²) in [5.41, 5.74) is 0. The molecular formula is C20H40N2O. The van der Waals surface area contributed by atoms with Gasteiger partial charge in [0.1, 0.15) is 0 Å². The van der Waals surface area contributed by atoms with Crippen LogP contribution in [0.5, 0.6) is 0 Å². The van der Waals surface area contributed by atoms with Gasteiger partial charge in [-0.2, -0.15) is 0 Å². The molecule has 0 radical (unpaired) electrons. The third-order valence-corrected chi connectivity index (χ3v) is 6.28. The van der Waals surface area contributed by atoms with Crippen LogP contribution in [0, 0.1) is 11.8 Å². The van der Waals surface area contributed by atoms with Gasteiger partial charge in [0.2, 0.25) is 0 Å². The fourth-order valence-electron chi connectivity index (χ4n) is 4.45. The van der Waals surface area contributed by atoms with Gasteiger partial charge >= 0.3 is 0 Å². The maximum absolute atomic E-state index is 10.1. The van der Waals surface area contributed by atoms with Crippen molar-refractivity contribution >= 4 is 0 Å². The Bertz CT molecular complexity index is 317. The largest absolute Gasteiger partial charge is 0.393 e. The number of aliphatic hydroxyl groups excluding tert-OH is 1. The molecule has 136 valence electrons. The van der Waals surface area contributed by atoms with Gasteiger partial charge in [-0.1, -0.05) is 33.1 Å². The summed E-state index contributed by atoms with van der Waals surface area (Å²) in [4.78, 5) is 2.66. The van der Waals surface area contributed by atoms with Crippen molar-refractivity contribution in [2.24, 2.45) is 11.8 Å². The number of nitrogens with one attached hydrogen (secondary N) is 1. The van der Waals surface area contributed by atoms with E-state index in [1.807, 2.05) is 0 Å². The molecule has 1 saturated heterocycles. The molecule has 3 nitrogen and oxygen atoms in total. The van der Waals surface area contributed by atoms with E-state index in [1.165, 1.54) is 64.6 Å². The average molecular weight is 325 g/mol. The molecule has 1 saturated carbocycles. The van der Waals surface area contributed by atoms with Gasteiger partial charge in [0, 0.05) is 25.2 Å². The Balaban J connectivity index is 1.85. The lowest BCUT2D eigenvalue weighted by Crippen LogP contribution is -2.53. The molecule has 1 aliphatic carbocycles. The second kappa shape index (κ2) is 10.0. The minimum Gasteiger partial charge on any atom is -0.393 e. The first-order valence-corrected chi connectivity index (χ1v) is 10.3. The molecule has 0 aromatic rings. The van der Waals surface area contributed by atoms with E-state index in [-0.39, 0.29) is 6.10 Å². The number of rotatable bonds is 8. The molecule has 4 unspecified atom stereocenters. The van der Waals surface area contributed by atoms with E-state index in [0.29, 0.717) is 18.0 Å². The Morgan fingerprint density at radius 3 is 2.43 bits per heavy atom. The molecule has 23 heavy (non-hydrogen) atoms. The lowest BCUT2D eigenvalue weighted by atomic mass is 9.86. The molecule has 0 spiro atoms. The Morgan fingerprint density at radius 2 is 1.78 bits per heavy atom. The molecule has 0 amide bonds. The van der Waals surface area contributed by atoms with E-state index in [4.69, 9.17) is 0 Å². The molecule has 0 aromatic carbocycles. The molecular weight excluding hydrogens is 284 g/mol. The van der Waals surface area contributed by atoms with Crippen LogP contribution in [0.2, 0.25) is 0 Å². The topological polar surface area (TPSA) is 35.5 Å². The van der Waals surface area contributed by atoms with Crippen LogP contribution in [0.1, 0.15) is 78.6 Å². The Labute approximate surface area is 144 Å². The zero-order valence-corrected chi connectivity index (χ0v) is 15.8. The van der Waals surface area contributed by atoms with E-state index >= 15 is 0 Å². The number of hydrogen-bond acceptors (Lipinski definition) is 3. The molecule has 2 aliphatic rings. The highest BCUT2D eigenvalue weighted by Gasteiger charge is 2.30. The highest BCUT2D eigenvalue weighted by molar-refractivity contribution is 4.87. The second-order valence-electron chi connectivity index (χ2n) is 8.22. The van der Waals surface area contributed by atoms with Crippen molar-refractivity contribution in [3.05, 3.63) is 0 Å². The number of aliphatic hydroxyl groups is 1. The van der Waals surface area contributed by atoms with Gasteiger partial charge in [-0.25, -0.2) is 0 Å². The lowest BCUT2D eigenvalue weighted by molar-refractivity contribution is 0.0632. The number of piperidine rings is 1. The lowest BCUT2D eigenvalue weighted by Gasteiger charge is -2.42. The van der Waals surface area contributed by atoms with Gasteiger partial charge in [0.05, 0.1) is 6.10 Å². The fraction of sp³-hybridized carbons (Fsp3) is 1.00. The van der Waals surface area contributed by atoms with Crippen molar-refractivity contribution in [3.63, 3.8) is 0 Å². The SMILES string of the molecule is CCC(O)CC1CC(NCC2CCCCC2)CN(C(C)CC)C1. The van der Waals surface area contributed by atoms with Crippen molar-refractivity contribution in [2.75, 3.05) is 19.6 Å². The quantitative estimate of drug-likeness (QED) is 0.713. The van der Waals surface area contributed by atoms with Crippen molar-refractivity contribution in [3.8, 4) is 0 Å². The Hall–Kier alpha value is -0.120. The summed E-state index contributed by atoms with van der Waals surface area (Å²) in [7, 11) is 0. The number of nitrogens with zero attached hydrogens (tertiary/aromatic N) is 1. The van der Waals surface area contributed by atoms with E-state index in [1.54, 1.807) is 0 Å². The Kier molecular flexibility index (Phi) is 8.35. The van der Waals surface area contributed by atoms with Gasteiger partial charge in [-0.05, 0) is 63.8 Å². The van der Waals surface area contributed by atoms with Crippen LogP contribution in [0.3, 0.4) is 0 Å². The maximum Gasteiger partial charge on any atom is 0.0540 e. The highest BCUT2D eigenvalue weighted by atomic mass is 16.3. The van der Waals surface area contributed by atoms with Gasteiger partial charge in [-0.15, -0.1) is 0 Å². The van der Waals surface area contributed by atoms with Crippen LogP contribution >= 0.6 is 0 Å². The molecule has 0 aromatic heterocycles. The zero-order valence-electron chi connectivity index (χ0n) is 15.8.